The predicted octanol–water partition coefficient (Wildman–Crippen LogP) is 2.56. The molecule has 0 saturated carbocycles. The van der Waals surface area contributed by atoms with Crippen molar-refractivity contribution in [2.45, 2.75) is 11.7 Å². The second kappa shape index (κ2) is 10.1. The number of hydrogen-bond acceptors (Lipinski definition) is 6. The lowest BCUT2D eigenvalue weighted by molar-refractivity contribution is -0.152. The van der Waals surface area contributed by atoms with Crippen LogP contribution in [0, 0.1) is 0 Å². The SMILES string of the molecule is COC(=O)[C@@H]1CN(C(=O)COC(=O)Cc2ccc(-c3ccccc3)cc2)CCS1. The number of ether oxygens (including phenoxy) is 2. The van der Waals surface area contributed by atoms with Crippen LogP contribution in [0.15, 0.2) is 54.6 Å². The molecule has 6 nitrogen and oxygen atoms in total. The summed E-state index contributed by atoms with van der Waals surface area (Å²) in [4.78, 5) is 37.6. The molecule has 1 heterocycles. The van der Waals surface area contributed by atoms with Crippen LogP contribution in [0.4, 0.5) is 0 Å². The van der Waals surface area contributed by atoms with Crippen LogP contribution in [0.2, 0.25) is 0 Å². The van der Waals surface area contributed by atoms with Crippen LogP contribution in [-0.4, -0.2) is 60.6 Å². The van der Waals surface area contributed by atoms with E-state index in [2.05, 4.69) is 0 Å². The molecule has 0 aliphatic carbocycles. The number of benzene rings is 2. The maximum atomic E-state index is 12.3. The number of thioether (sulfide) groups is 1. The number of esters is 2. The molecule has 0 unspecified atom stereocenters. The first kappa shape index (κ1) is 20.9. The molecule has 2 aromatic rings. The van der Waals surface area contributed by atoms with E-state index in [9.17, 15) is 14.4 Å². The van der Waals surface area contributed by atoms with Crippen molar-refractivity contribution in [1.29, 1.82) is 0 Å². The summed E-state index contributed by atoms with van der Waals surface area (Å²) >= 11 is 1.47. The third-order valence-corrected chi connectivity index (χ3v) is 5.81. The van der Waals surface area contributed by atoms with Gasteiger partial charge in [-0.25, -0.2) is 0 Å². The Bertz CT molecular complexity index is 853. The normalized spacial score (nSPS) is 16.2. The van der Waals surface area contributed by atoms with Crippen molar-refractivity contribution in [3.63, 3.8) is 0 Å². The van der Waals surface area contributed by atoms with Crippen molar-refractivity contribution in [3.05, 3.63) is 60.2 Å². The third kappa shape index (κ3) is 5.84. The van der Waals surface area contributed by atoms with Crippen molar-refractivity contribution in [1.82, 2.24) is 4.90 Å². The molecule has 1 fully saturated rings. The van der Waals surface area contributed by atoms with Gasteiger partial charge in [0.15, 0.2) is 6.61 Å². The molecule has 1 atom stereocenters. The summed E-state index contributed by atoms with van der Waals surface area (Å²) in [6, 6.07) is 17.7. The van der Waals surface area contributed by atoms with E-state index >= 15 is 0 Å². The van der Waals surface area contributed by atoms with Gasteiger partial charge in [0.25, 0.3) is 5.91 Å². The molecule has 29 heavy (non-hydrogen) atoms. The summed E-state index contributed by atoms with van der Waals surface area (Å²) in [6.45, 7) is 0.476. The minimum atomic E-state index is -0.457. The molecule has 2 aromatic carbocycles. The van der Waals surface area contributed by atoms with Crippen molar-refractivity contribution >= 4 is 29.6 Å². The Morgan fingerprint density at radius 1 is 1.03 bits per heavy atom. The van der Waals surface area contributed by atoms with E-state index < -0.39 is 11.2 Å². The van der Waals surface area contributed by atoms with Gasteiger partial charge < -0.3 is 14.4 Å². The molecule has 7 heteroatoms. The fourth-order valence-electron chi connectivity index (χ4n) is 3.05. The van der Waals surface area contributed by atoms with Crippen LogP contribution >= 0.6 is 11.8 Å². The Morgan fingerprint density at radius 2 is 1.72 bits per heavy atom. The number of carbonyl (C=O) groups excluding carboxylic acids is 3. The average molecular weight is 413 g/mol. The lowest BCUT2D eigenvalue weighted by Gasteiger charge is -2.30. The summed E-state index contributed by atoms with van der Waals surface area (Å²) in [5.74, 6) is -0.454. The van der Waals surface area contributed by atoms with Gasteiger partial charge in [0, 0.05) is 18.8 Å². The smallest absolute Gasteiger partial charge is 0.320 e. The van der Waals surface area contributed by atoms with Gasteiger partial charge in [0.05, 0.1) is 13.5 Å². The molecule has 1 saturated heterocycles. The van der Waals surface area contributed by atoms with Crippen molar-refractivity contribution in [2.75, 3.05) is 32.6 Å². The molecule has 0 spiro atoms. The van der Waals surface area contributed by atoms with E-state index in [1.807, 2.05) is 54.6 Å². The maximum Gasteiger partial charge on any atom is 0.320 e. The Hall–Kier alpha value is -2.80. The van der Waals surface area contributed by atoms with E-state index in [1.165, 1.54) is 18.9 Å². The topological polar surface area (TPSA) is 72.9 Å². The van der Waals surface area contributed by atoms with Gasteiger partial charge in [0.1, 0.15) is 5.25 Å². The van der Waals surface area contributed by atoms with Crippen LogP contribution in [0.5, 0.6) is 0 Å². The first-order chi connectivity index (χ1) is 14.1. The first-order valence-corrected chi connectivity index (χ1v) is 10.4. The minimum absolute atomic E-state index is 0.100. The van der Waals surface area contributed by atoms with Gasteiger partial charge in [-0.15, -0.1) is 11.8 Å². The van der Waals surface area contributed by atoms with Crippen LogP contribution in [-0.2, 0) is 30.3 Å². The highest BCUT2D eigenvalue weighted by Crippen LogP contribution is 2.21. The number of hydrogen-bond donors (Lipinski definition) is 0. The van der Waals surface area contributed by atoms with Gasteiger partial charge >= 0.3 is 11.9 Å². The Morgan fingerprint density at radius 3 is 2.41 bits per heavy atom. The maximum absolute atomic E-state index is 12.3. The van der Waals surface area contributed by atoms with Crippen molar-refractivity contribution in [2.24, 2.45) is 0 Å². The predicted molar refractivity (Wildman–Crippen MR) is 111 cm³/mol. The van der Waals surface area contributed by atoms with Gasteiger partial charge in [-0.1, -0.05) is 54.6 Å². The molecular weight excluding hydrogens is 390 g/mol. The quantitative estimate of drug-likeness (QED) is 0.678. The second-order valence-corrected chi connectivity index (χ2v) is 7.93. The summed E-state index contributed by atoms with van der Waals surface area (Å²) in [7, 11) is 1.33. The molecule has 3 rings (SSSR count). The van der Waals surface area contributed by atoms with Gasteiger partial charge in [-0.05, 0) is 16.7 Å². The summed E-state index contributed by atoms with van der Waals surface area (Å²) < 4.78 is 9.88. The Balaban J connectivity index is 1.47. The average Bonchev–Trinajstić information content (AvgIpc) is 2.78. The van der Waals surface area contributed by atoms with Crippen molar-refractivity contribution < 1.29 is 23.9 Å². The van der Waals surface area contributed by atoms with E-state index in [1.54, 1.807) is 4.90 Å². The number of amides is 1. The highest BCUT2D eigenvalue weighted by atomic mass is 32.2. The van der Waals surface area contributed by atoms with Crippen LogP contribution < -0.4 is 0 Å². The van der Waals surface area contributed by atoms with E-state index in [4.69, 9.17) is 9.47 Å². The third-order valence-electron chi connectivity index (χ3n) is 4.65. The minimum Gasteiger partial charge on any atom is -0.468 e. The Kier molecular flexibility index (Phi) is 7.30. The van der Waals surface area contributed by atoms with Gasteiger partial charge in [-0.2, -0.15) is 0 Å². The highest BCUT2D eigenvalue weighted by Gasteiger charge is 2.29. The van der Waals surface area contributed by atoms with Gasteiger partial charge in [-0.3, -0.25) is 14.4 Å². The molecule has 0 aromatic heterocycles. The lowest BCUT2D eigenvalue weighted by Crippen LogP contribution is -2.46. The molecule has 0 bridgehead atoms. The molecule has 0 N–H and O–H groups in total. The van der Waals surface area contributed by atoms with Gasteiger partial charge in [0.2, 0.25) is 0 Å². The fraction of sp³-hybridized carbons (Fsp3) is 0.318. The molecule has 152 valence electrons. The zero-order valence-electron chi connectivity index (χ0n) is 16.2. The van der Waals surface area contributed by atoms with E-state index in [0.717, 1.165) is 16.7 Å². The highest BCUT2D eigenvalue weighted by molar-refractivity contribution is 8.00. The number of methoxy groups -OCH3 is 1. The number of carbonyl (C=O) groups is 3. The largest absolute Gasteiger partial charge is 0.468 e. The first-order valence-electron chi connectivity index (χ1n) is 9.34. The number of rotatable bonds is 6. The summed E-state index contributed by atoms with van der Waals surface area (Å²) in [5, 5.41) is -0.392. The van der Waals surface area contributed by atoms with E-state index in [-0.39, 0.29) is 31.4 Å². The molecule has 0 radical (unpaired) electrons. The van der Waals surface area contributed by atoms with Crippen molar-refractivity contribution in [3.8, 4) is 11.1 Å². The zero-order chi connectivity index (χ0) is 20.6. The van der Waals surface area contributed by atoms with E-state index in [0.29, 0.717) is 12.3 Å². The second-order valence-electron chi connectivity index (χ2n) is 6.62. The molecule has 1 aliphatic rings. The number of nitrogens with zero attached hydrogens (tertiary/aromatic N) is 1. The Labute approximate surface area is 174 Å². The zero-order valence-corrected chi connectivity index (χ0v) is 17.0. The van der Waals surface area contributed by atoms with Crippen LogP contribution in [0.3, 0.4) is 0 Å². The molecule has 1 aliphatic heterocycles. The molecular formula is C22H23NO5S. The summed E-state index contributed by atoms with van der Waals surface area (Å²) in [6.07, 6.45) is 0.100. The molecule has 1 amide bonds. The van der Waals surface area contributed by atoms with Crippen LogP contribution in [0.25, 0.3) is 11.1 Å². The standard InChI is InChI=1S/C22H23NO5S/c1-27-22(26)19-14-23(11-12-29-19)20(24)15-28-21(25)13-16-7-9-18(10-8-16)17-5-3-2-4-6-17/h2-10,19H,11-15H2,1H3/t19-/m0/s1. The fourth-order valence-corrected chi connectivity index (χ4v) is 4.17. The summed E-state index contributed by atoms with van der Waals surface area (Å²) in [5.41, 5.74) is 3.00. The van der Waals surface area contributed by atoms with Crippen LogP contribution in [0.1, 0.15) is 5.56 Å². The lowest BCUT2D eigenvalue weighted by atomic mass is 10.0. The monoisotopic (exact) mass is 413 g/mol.